The molecule has 1 amide bonds. The van der Waals surface area contributed by atoms with E-state index in [0.717, 1.165) is 29.4 Å². The normalized spacial score (nSPS) is 15.0. The molecule has 0 radical (unpaired) electrons. The molecule has 4 rings (SSSR count). The number of hydrogen-bond acceptors (Lipinski definition) is 9. The molecule has 0 aliphatic carbocycles. The standard InChI is InChI=1S/C19H22N6O2S2/c1-13-10-14(2)21-19(20-13)29-12-17(26)25-7-5-24(6-8-25)11-16-22-18(23-27-16)15-4-3-9-28-15/h3-4,9-10H,5-8,11-12H2,1-2H3. The molecule has 0 spiro atoms. The Hall–Kier alpha value is -2.30. The van der Waals surface area contributed by atoms with Gasteiger partial charge in [0.05, 0.1) is 17.2 Å². The van der Waals surface area contributed by atoms with Crippen LogP contribution >= 0.6 is 23.1 Å². The number of aromatic nitrogens is 4. The Bertz CT molecular complexity index is 947. The van der Waals surface area contributed by atoms with E-state index >= 15 is 0 Å². The Labute approximate surface area is 177 Å². The molecule has 0 bridgehead atoms. The number of piperazine rings is 1. The van der Waals surface area contributed by atoms with Crippen LogP contribution in [0.4, 0.5) is 0 Å². The Morgan fingerprint density at radius 1 is 1.17 bits per heavy atom. The average molecular weight is 431 g/mol. The summed E-state index contributed by atoms with van der Waals surface area (Å²) >= 11 is 2.99. The van der Waals surface area contributed by atoms with Gasteiger partial charge in [0.25, 0.3) is 0 Å². The molecule has 3 aromatic rings. The van der Waals surface area contributed by atoms with Gasteiger partial charge < -0.3 is 9.42 Å². The number of carbonyl (C=O) groups excluding carboxylic acids is 1. The predicted octanol–water partition coefficient (Wildman–Crippen LogP) is 2.64. The van der Waals surface area contributed by atoms with Gasteiger partial charge in [-0.05, 0) is 31.4 Å². The second-order valence-corrected chi connectivity index (χ2v) is 8.76. The van der Waals surface area contributed by atoms with E-state index in [4.69, 9.17) is 4.52 Å². The number of nitrogens with zero attached hydrogens (tertiary/aromatic N) is 6. The minimum absolute atomic E-state index is 0.121. The summed E-state index contributed by atoms with van der Waals surface area (Å²) in [6.45, 7) is 7.43. The Morgan fingerprint density at radius 2 is 1.93 bits per heavy atom. The fourth-order valence-corrected chi connectivity index (χ4v) is 4.65. The number of hydrogen-bond donors (Lipinski definition) is 0. The van der Waals surface area contributed by atoms with Gasteiger partial charge in [-0.15, -0.1) is 11.3 Å². The van der Waals surface area contributed by atoms with E-state index in [-0.39, 0.29) is 5.91 Å². The highest BCUT2D eigenvalue weighted by Gasteiger charge is 2.23. The Balaban J connectivity index is 1.24. The third-order valence-electron chi connectivity index (χ3n) is 4.58. The first-order valence-corrected chi connectivity index (χ1v) is 11.2. The van der Waals surface area contributed by atoms with Crippen molar-refractivity contribution in [2.24, 2.45) is 0 Å². The molecule has 0 N–H and O–H groups in total. The first kappa shape index (κ1) is 20.0. The highest BCUT2D eigenvalue weighted by atomic mass is 32.2. The monoisotopic (exact) mass is 430 g/mol. The molecule has 1 fully saturated rings. The number of carbonyl (C=O) groups is 1. The van der Waals surface area contributed by atoms with Gasteiger partial charge in [0.15, 0.2) is 5.16 Å². The molecule has 1 aliphatic rings. The maximum atomic E-state index is 12.5. The lowest BCUT2D eigenvalue weighted by molar-refractivity contribution is -0.130. The minimum atomic E-state index is 0.121. The smallest absolute Gasteiger partial charge is 0.241 e. The average Bonchev–Trinajstić information content (AvgIpc) is 3.38. The van der Waals surface area contributed by atoms with Crippen LogP contribution in [0.15, 0.2) is 33.3 Å². The molecule has 0 unspecified atom stereocenters. The summed E-state index contributed by atoms with van der Waals surface area (Å²) in [7, 11) is 0. The predicted molar refractivity (Wildman–Crippen MR) is 112 cm³/mol. The molecule has 0 atom stereocenters. The summed E-state index contributed by atoms with van der Waals surface area (Å²) in [5, 5.41) is 6.70. The van der Waals surface area contributed by atoms with E-state index in [1.807, 2.05) is 42.3 Å². The van der Waals surface area contributed by atoms with E-state index in [2.05, 4.69) is 25.0 Å². The van der Waals surface area contributed by atoms with Gasteiger partial charge in [-0.1, -0.05) is 23.0 Å². The summed E-state index contributed by atoms with van der Waals surface area (Å²) in [6, 6.07) is 5.87. The lowest BCUT2D eigenvalue weighted by atomic mass is 10.3. The molecule has 8 nitrogen and oxygen atoms in total. The van der Waals surface area contributed by atoms with Crippen molar-refractivity contribution in [3.8, 4) is 10.7 Å². The van der Waals surface area contributed by atoms with Crippen LogP contribution < -0.4 is 0 Å². The second kappa shape index (κ2) is 9.02. The number of rotatable bonds is 6. The lowest BCUT2D eigenvalue weighted by Crippen LogP contribution is -2.48. The summed E-state index contributed by atoms with van der Waals surface area (Å²) in [5.74, 6) is 1.72. The first-order valence-electron chi connectivity index (χ1n) is 9.38. The van der Waals surface area contributed by atoms with E-state index in [1.165, 1.54) is 11.8 Å². The fraction of sp³-hybridized carbons (Fsp3) is 0.421. The fourth-order valence-electron chi connectivity index (χ4n) is 3.15. The van der Waals surface area contributed by atoms with Crippen LogP contribution in [0.25, 0.3) is 10.7 Å². The quantitative estimate of drug-likeness (QED) is 0.436. The Morgan fingerprint density at radius 3 is 2.62 bits per heavy atom. The molecule has 1 aliphatic heterocycles. The van der Waals surface area contributed by atoms with Crippen molar-refractivity contribution in [1.29, 1.82) is 0 Å². The molecule has 3 aromatic heterocycles. The van der Waals surface area contributed by atoms with Gasteiger partial charge in [0.2, 0.25) is 17.6 Å². The molecular weight excluding hydrogens is 408 g/mol. The number of thioether (sulfide) groups is 1. The van der Waals surface area contributed by atoms with E-state index in [9.17, 15) is 4.79 Å². The van der Waals surface area contributed by atoms with Crippen molar-refractivity contribution in [3.63, 3.8) is 0 Å². The van der Waals surface area contributed by atoms with Crippen molar-refractivity contribution in [2.75, 3.05) is 31.9 Å². The molecular formula is C19H22N6O2S2. The zero-order valence-electron chi connectivity index (χ0n) is 16.4. The number of amides is 1. The number of thiophene rings is 1. The summed E-state index contributed by atoms with van der Waals surface area (Å²) in [6.07, 6.45) is 0. The van der Waals surface area contributed by atoms with Crippen molar-refractivity contribution in [1.82, 2.24) is 29.9 Å². The zero-order chi connectivity index (χ0) is 20.2. The van der Waals surface area contributed by atoms with Crippen LogP contribution in [-0.2, 0) is 11.3 Å². The van der Waals surface area contributed by atoms with Crippen molar-refractivity contribution in [2.45, 2.75) is 25.5 Å². The summed E-state index contributed by atoms with van der Waals surface area (Å²) < 4.78 is 5.38. The van der Waals surface area contributed by atoms with Gasteiger partial charge in [-0.2, -0.15) is 4.98 Å². The van der Waals surface area contributed by atoms with Crippen molar-refractivity contribution >= 4 is 29.0 Å². The van der Waals surface area contributed by atoms with Crippen LogP contribution in [0.3, 0.4) is 0 Å². The third kappa shape index (κ3) is 5.20. The maximum Gasteiger partial charge on any atom is 0.241 e. The molecule has 0 aromatic carbocycles. The third-order valence-corrected chi connectivity index (χ3v) is 6.28. The van der Waals surface area contributed by atoms with Gasteiger partial charge in [-0.3, -0.25) is 9.69 Å². The summed E-state index contributed by atoms with van der Waals surface area (Å²) in [4.78, 5) is 30.9. The van der Waals surface area contributed by atoms with Crippen LogP contribution in [0, 0.1) is 13.8 Å². The highest BCUT2D eigenvalue weighted by Crippen LogP contribution is 2.22. The van der Waals surface area contributed by atoms with Crippen LogP contribution in [0.5, 0.6) is 0 Å². The molecule has 0 saturated carbocycles. The van der Waals surface area contributed by atoms with Crippen LogP contribution in [-0.4, -0.2) is 67.7 Å². The van der Waals surface area contributed by atoms with E-state index in [0.29, 0.717) is 42.3 Å². The van der Waals surface area contributed by atoms with Gasteiger partial charge in [0, 0.05) is 37.6 Å². The lowest BCUT2D eigenvalue weighted by Gasteiger charge is -2.33. The summed E-state index contributed by atoms with van der Waals surface area (Å²) in [5.41, 5.74) is 1.84. The maximum absolute atomic E-state index is 12.5. The SMILES string of the molecule is Cc1cc(C)nc(SCC(=O)N2CCN(Cc3nc(-c4cccs4)no3)CC2)n1. The zero-order valence-corrected chi connectivity index (χ0v) is 18.0. The first-order chi connectivity index (χ1) is 14.1. The molecule has 1 saturated heterocycles. The second-order valence-electron chi connectivity index (χ2n) is 6.87. The molecule has 10 heteroatoms. The highest BCUT2D eigenvalue weighted by molar-refractivity contribution is 7.99. The van der Waals surface area contributed by atoms with E-state index in [1.54, 1.807) is 11.3 Å². The molecule has 29 heavy (non-hydrogen) atoms. The van der Waals surface area contributed by atoms with Crippen molar-refractivity contribution in [3.05, 3.63) is 40.9 Å². The van der Waals surface area contributed by atoms with Gasteiger partial charge >= 0.3 is 0 Å². The van der Waals surface area contributed by atoms with Crippen molar-refractivity contribution < 1.29 is 9.32 Å². The molecule has 4 heterocycles. The van der Waals surface area contributed by atoms with Crippen LogP contribution in [0.2, 0.25) is 0 Å². The topological polar surface area (TPSA) is 88.3 Å². The van der Waals surface area contributed by atoms with Gasteiger partial charge in [-0.25, -0.2) is 9.97 Å². The number of aryl methyl sites for hydroxylation is 2. The van der Waals surface area contributed by atoms with Gasteiger partial charge in [0.1, 0.15) is 0 Å². The Kier molecular flexibility index (Phi) is 6.22. The molecule has 152 valence electrons. The largest absolute Gasteiger partial charge is 0.339 e. The van der Waals surface area contributed by atoms with Crippen LogP contribution in [0.1, 0.15) is 17.3 Å². The minimum Gasteiger partial charge on any atom is -0.339 e. The van der Waals surface area contributed by atoms with E-state index < -0.39 is 0 Å².